The number of Topliss-reactive ketones (excluding diaryl/α,β-unsaturated/α-hetero) is 1. The molecule has 2 rings (SSSR count). The summed E-state index contributed by atoms with van der Waals surface area (Å²) in [5, 5.41) is 0. The highest BCUT2D eigenvalue weighted by Gasteiger charge is 2.16. The molecule has 0 amide bonds. The van der Waals surface area contributed by atoms with E-state index in [0.717, 1.165) is 32.5 Å². The molecule has 1 aliphatic heterocycles. The number of hydrogen-bond acceptors (Lipinski definition) is 3. The van der Waals surface area contributed by atoms with E-state index in [4.69, 9.17) is 0 Å². The minimum atomic E-state index is 0.420. The molecular formula is C11H15NOS. The van der Waals surface area contributed by atoms with Crippen LogP contribution in [0.1, 0.15) is 22.6 Å². The molecular weight excluding hydrogens is 194 g/mol. The fourth-order valence-electron chi connectivity index (χ4n) is 1.75. The predicted octanol–water partition coefficient (Wildman–Crippen LogP) is 2.22. The Morgan fingerprint density at radius 2 is 2.07 bits per heavy atom. The van der Waals surface area contributed by atoms with Gasteiger partial charge in [0, 0.05) is 42.2 Å². The molecule has 3 heteroatoms. The molecule has 0 unspecified atom stereocenters. The van der Waals surface area contributed by atoms with Crippen molar-refractivity contribution in [2.75, 3.05) is 13.1 Å². The summed E-state index contributed by atoms with van der Waals surface area (Å²) in [7, 11) is 0. The van der Waals surface area contributed by atoms with E-state index in [-0.39, 0.29) is 0 Å². The number of nitrogens with zero attached hydrogens (tertiary/aromatic N) is 1. The topological polar surface area (TPSA) is 20.3 Å². The third kappa shape index (κ3) is 2.42. The first-order valence-electron chi connectivity index (χ1n) is 5.03. The largest absolute Gasteiger partial charge is 0.300 e. The maximum absolute atomic E-state index is 11.0. The fraction of sp³-hybridized carbons (Fsp3) is 0.545. The first-order chi connectivity index (χ1) is 6.74. The molecule has 0 bridgehead atoms. The molecule has 76 valence electrons. The van der Waals surface area contributed by atoms with Crippen LogP contribution in [-0.4, -0.2) is 23.8 Å². The van der Waals surface area contributed by atoms with Gasteiger partial charge in [-0.25, -0.2) is 0 Å². The van der Waals surface area contributed by atoms with E-state index in [1.165, 1.54) is 9.75 Å². The van der Waals surface area contributed by atoms with Gasteiger partial charge in [-0.05, 0) is 19.1 Å². The third-order valence-corrected chi connectivity index (χ3v) is 3.57. The molecule has 0 radical (unpaired) electrons. The van der Waals surface area contributed by atoms with Crippen LogP contribution in [0.15, 0.2) is 12.1 Å². The average molecular weight is 209 g/mol. The van der Waals surface area contributed by atoms with Crippen molar-refractivity contribution in [1.29, 1.82) is 0 Å². The number of aryl methyl sites for hydroxylation is 1. The quantitative estimate of drug-likeness (QED) is 0.744. The average Bonchev–Trinajstić information content (AvgIpc) is 2.56. The summed E-state index contributed by atoms with van der Waals surface area (Å²) in [5.74, 6) is 0.420. The summed E-state index contributed by atoms with van der Waals surface area (Å²) in [5.41, 5.74) is 0. The summed E-state index contributed by atoms with van der Waals surface area (Å²) in [6.45, 7) is 5.03. The van der Waals surface area contributed by atoms with Crippen molar-refractivity contribution in [3.63, 3.8) is 0 Å². The number of carbonyl (C=O) groups is 1. The molecule has 2 nitrogen and oxygen atoms in total. The van der Waals surface area contributed by atoms with Gasteiger partial charge >= 0.3 is 0 Å². The van der Waals surface area contributed by atoms with E-state index in [1.807, 2.05) is 11.3 Å². The Labute approximate surface area is 88.5 Å². The molecule has 1 saturated heterocycles. The number of thiophene rings is 1. The van der Waals surface area contributed by atoms with Crippen molar-refractivity contribution in [3.8, 4) is 0 Å². The van der Waals surface area contributed by atoms with E-state index in [0.29, 0.717) is 5.78 Å². The SMILES string of the molecule is Cc1ccc(CN2CCC(=O)CC2)s1. The minimum absolute atomic E-state index is 0.420. The maximum Gasteiger partial charge on any atom is 0.135 e. The Kier molecular flexibility index (Phi) is 2.99. The van der Waals surface area contributed by atoms with Gasteiger partial charge in [-0.2, -0.15) is 0 Å². The number of hydrogen-bond donors (Lipinski definition) is 0. The highest BCUT2D eigenvalue weighted by Crippen LogP contribution is 2.18. The molecule has 0 aliphatic carbocycles. The number of carbonyl (C=O) groups excluding carboxylic acids is 1. The molecule has 1 aliphatic rings. The van der Waals surface area contributed by atoms with Crippen LogP contribution in [0.5, 0.6) is 0 Å². The first kappa shape index (κ1) is 9.87. The van der Waals surface area contributed by atoms with Gasteiger partial charge < -0.3 is 0 Å². The van der Waals surface area contributed by atoms with Crippen molar-refractivity contribution in [1.82, 2.24) is 4.90 Å². The van der Waals surface area contributed by atoms with E-state index >= 15 is 0 Å². The molecule has 1 fully saturated rings. The summed E-state index contributed by atoms with van der Waals surface area (Å²) in [4.78, 5) is 16.2. The van der Waals surface area contributed by atoms with Gasteiger partial charge in [-0.1, -0.05) is 0 Å². The van der Waals surface area contributed by atoms with Crippen molar-refractivity contribution >= 4 is 17.1 Å². The summed E-state index contributed by atoms with van der Waals surface area (Å²) < 4.78 is 0. The number of likely N-dealkylation sites (tertiary alicyclic amines) is 1. The second kappa shape index (κ2) is 4.24. The van der Waals surface area contributed by atoms with Gasteiger partial charge in [-0.15, -0.1) is 11.3 Å². The smallest absolute Gasteiger partial charge is 0.135 e. The summed E-state index contributed by atoms with van der Waals surface area (Å²) in [6.07, 6.45) is 1.48. The van der Waals surface area contributed by atoms with Crippen LogP contribution in [0.25, 0.3) is 0 Å². The Bertz CT molecular complexity index is 322. The summed E-state index contributed by atoms with van der Waals surface area (Å²) >= 11 is 1.86. The number of rotatable bonds is 2. The minimum Gasteiger partial charge on any atom is -0.300 e. The molecule has 0 N–H and O–H groups in total. The van der Waals surface area contributed by atoms with Crippen molar-refractivity contribution in [2.24, 2.45) is 0 Å². The maximum atomic E-state index is 11.0. The lowest BCUT2D eigenvalue weighted by Gasteiger charge is -2.24. The van der Waals surface area contributed by atoms with Crippen molar-refractivity contribution < 1.29 is 4.79 Å². The second-order valence-corrected chi connectivity index (χ2v) is 5.20. The Hall–Kier alpha value is -0.670. The number of piperidine rings is 1. The highest BCUT2D eigenvalue weighted by atomic mass is 32.1. The van der Waals surface area contributed by atoms with Crippen LogP contribution in [0.3, 0.4) is 0 Å². The Morgan fingerprint density at radius 3 is 2.64 bits per heavy atom. The van der Waals surface area contributed by atoms with Gasteiger partial charge in [-0.3, -0.25) is 9.69 Å². The predicted molar refractivity (Wildman–Crippen MR) is 58.6 cm³/mol. The lowest BCUT2D eigenvalue weighted by molar-refractivity contribution is -0.121. The van der Waals surface area contributed by atoms with Gasteiger partial charge in [0.1, 0.15) is 5.78 Å². The lowest BCUT2D eigenvalue weighted by atomic mass is 10.1. The van der Waals surface area contributed by atoms with E-state index in [2.05, 4.69) is 24.0 Å². The fourth-order valence-corrected chi connectivity index (χ4v) is 2.68. The molecule has 0 spiro atoms. The normalized spacial score (nSPS) is 18.8. The van der Waals surface area contributed by atoms with E-state index in [1.54, 1.807) is 0 Å². The second-order valence-electron chi connectivity index (χ2n) is 3.83. The zero-order chi connectivity index (χ0) is 9.97. The number of ketones is 1. The molecule has 0 atom stereocenters. The van der Waals surface area contributed by atoms with E-state index in [9.17, 15) is 4.79 Å². The van der Waals surface area contributed by atoms with Gasteiger partial charge in [0.15, 0.2) is 0 Å². The first-order valence-corrected chi connectivity index (χ1v) is 5.85. The lowest BCUT2D eigenvalue weighted by Crippen LogP contribution is -2.32. The van der Waals surface area contributed by atoms with Gasteiger partial charge in [0.2, 0.25) is 0 Å². The van der Waals surface area contributed by atoms with Crippen LogP contribution >= 0.6 is 11.3 Å². The van der Waals surface area contributed by atoms with Crippen LogP contribution < -0.4 is 0 Å². The monoisotopic (exact) mass is 209 g/mol. The highest BCUT2D eigenvalue weighted by molar-refractivity contribution is 7.11. The standard InChI is InChI=1S/C11H15NOS/c1-9-2-3-11(14-9)8-12-6-4-10(13)5-7-12/h2-3H,4-8H2,1H3. The van der Waals surface area contributed by atoms with Crippen LogP contribution in [0, 0.1) is 6.92 Å². The summed E-state index contributed by atoms with van der Waals surface area (Å²) in [6, 6.07) is 4.35. The van der Waals surface area contributed by atoms with E-state index < -0.39 is 0 Å². The third-order valence-electron chi connectivity index (χ3n) is 2.59. The zero-order valence-corrected chi connectivity index (χ0v) is 9.27. The zero-order valence-electron chi connectivity index (χ0n) is 8.45. The van der Waals surface area contributed by atoms with Gasteiger partial charge in [0.05, 0.1) is 0 Å². The van der Waals surface area contributed by atoms with Crippen molar-refractivity contribution in [2.45, 2.75) is 26.3 Å². The Morgan fingerprint density at radius 1 is 1.36 bits per heavy atom. The molecule has 2 heterocycles. The van der Waals surface area contributed by atoms with Gasteiger partial charge in [0.25, 0.3) is 0 Å². The molecule has 0 saturated carbocycles. The van der Waals surface area contributed by atoms with Crippen LogP contribution in [0.4, 0.5) is 0 Å². The molecule has 0 aromatic carbocycles. The Balaban J connectivity index is 1.89. The van der Waals surface area contributed by atoms with Crippen molar-refractivity contribution in [3.05, 3.63) is 21.9 Å². The molecule has 1 aromatic heterocycles. The molecule has 14 heavy (non-hydrogen) atoms. The van der Waals surface area contributed by atoms with Crippen LogP contribution in [-0.2, 0) is 11.3 Å². The van der Waals surface area contributed by atoms with Crippen LogP contribution in [0.2, 0.25) is 0 Å². The molecule has 1 aromatic rings.